The fourth-order valence-electron chi connectivity index (χ4n) is 2.99. The largest absolute Gasteiger partial charge is 0.496 e. The normalized spacial score (nSPS) is 19.9. The number of methoxy groups -OCH3 is 1. The third kappa shape index (κ3) is 4.46. The van der Waals surface area contributed by atoms with E-state index in [2.05, 4.69) is 17.6 Å². The molecule has 2 N–H and O–H groups in total. The molecular weight excluding hydrogens is 264 g/mol. The average molecular weight is 290 g/mol. The number of carbonyl (C=O) groups is 1. The fraction of sp³-hybridized carbons (Fsp3) is 0.588. The minimum absolute atomic E-state index is 0.0950. The minimum atomic E-state index is 0.0950. The molecule has 0 radical (unpaired) electrons. The maximum absolute atomic E-state index is 12.2. The van der Waals surface area contributed by atoms with Gasteiger partial charge in [-0.15, -0.1) is 0 Å². The van der Waals surface area contributed by atoms with Gasteiger partial charge in [0.1, 0.15) is 5.75 Å². The van der Waals surface area contributed by atoms with E-state index in [-0.39, 0.29) is 5.91 Å². The van der Waals surface area contributed by atoms with Crippen molar-refractivity contribution >= 4 is 11.6 Å². The van der Waals surface area contributed by atoms with E-state index in [9.17, 15) is 4.79 Å². The molecule has 0 spiro atoms. The number of aryl methyl sites for hydroxylation is 1. The van der Waals surface area contributed by atoms with E-state index >= 15 is 0 Å². The van der Waals surface area contributed by atoms with Crippen LogP contribution >= 0.6 is 0 Å². The van der Waals surface area contributed by atoms with Gasteiger partial charge in [-0.1, -0.05) is 6.92 Å². The molecule has 2 atom stereocenters. The number of anilines is 1. The number of rotatable bonds is 5. The Morgan fingerprint density at radius 2 is 2.33 bits per heavy atom. The van der Waals surface area contributed by atoms with Crippen LogP contribution in [0.15, 0.2) is 18.2 Å². The van der Waals surface area contributed by atoms with E-state index in [1.807, 2.05) is 25.1 Å². The monoisotopic (exact) mass is 290 g/mol. The predicted molar refractivity (Wildman–Crippen MR) is 85.7 cm³/mol. The summed E-state index contributed by atoms with van der Waals surface area (Å²) in [5.41, 5.74) is 1.87. The van der Waals surface area contributed by atoms with Crippen LogP contribution < -0.4 is 15.4 Å². The molecule has 1 amide bonds. The zero-order chi connectivity index (χ0) is 15.2. The second kappa shape index (κ2) is 7.46. The molecule has 0 aliphatic carbocycles. The Hall–Kier alpha value is -1.55. The Bertz CT molecular complexity index is 482. The van der Waals surface area contributed by atoms with Crippen LogP contribution in [-0.2, 0) is 4.79 Å². The summed E-state index contributed by atoms with van der Waals surface area (Å²) in [6.45, 7) is 6.30. The van der Waals surface area contributed by atoms with Gasteiger partial charge in [0.15, 0.2) is 0 Å². The van der Waals surface area contributed by atoms with E-state index in [1.54, 1.807) is 7.11 Å². The molecule has 0 bridgehead atoms. The van der Waals surface area contributed by atoms with Crippen molar-refractivity contribution in [2.24, 2.45) is 11.8 Å². The summed E-state index contributed by atoms with van der Waals surface area (Å²) >= 11 is 0. The maximum Gasteiger partial charge on any atom is 0.224 e. The fourth-order valence-corrected chi connectivity index (χ4v) is 2.99. The quantitative estimate of drug-likeness (QED) is 0.876. The Morgan fingerprint density at radius 1 is 1.52 bits per heavy atom. The lowest BCUT2D eigenvalue weighted by Gasteiger charge is -2.28. The molecule has 4 nitrogen and oxygen atoms in total. The molecule has 116 valence electrons. The van der Waals surface area contributed by atoms with Gasteiger partial charge in [-0.05, 0) is 68.5 Å². The first-order valence-electron chi connectivity index (χ1n) is 7.75. The summed E-state index contributed by atoms with van der Waals surface area (Å²) in [4.78, 5) is 12.2. The molecule has 1 heterocycles. The molecule has 4 heteroatoms. The van der Waals surface area contributed by atoms with Crippen LogP contribution in [0.5, 0.6) is 5.75 Å². The van der Waals surface area contributed by atoms with Crippen molar-refractivity contribution in [3.63, 3.8) is 0 Å². The highest BCUT2D eigenvalue weighted by atomic mass is 16.5. The molecule has 2 unspecified atom stereocenters. The van der Waals surface area contributed by atoms with Crippen LogP contribution in [0.4, 0.5) is 5.69 Å². The number of nitrogens with one attached hydrogen (secondary N) is 2. The molecule has 1 saturated heterocycles. The van der Waals surface area contributed by atoms with E-state index in [0.717, 1.165) is 30.1 Å². The molecule has 1 aliphatic rings. The summed E-state index contributed by atoms with van der Waals surface area (Å²) in [6.07, 6.45) is 3.02. The van der Waals surface area contributed by atoms with Crippen LogP contribution in [0.3, 0.4) is 0 Å². The van der Waals surface area contributed by atoms with Crippen molar-refractivity contribution in [2.45, 2.75) is 33.1 Å². The first-order chi connectivity index (χ1) is 10.1. The van der Waals surface area contributed by atoms with Gasteiger partial charge in [-0.25, -0.2) is 0 Å². The second-order valence-corrected chi connectivity index (χ2v) is 6.02. The predicted octanol–water partition coefficient (Wildman–Crippen LogP) is 2.97. The van der Waals surface area contributed by atoms with Crippen LogP contribution in [0.25, 0.3) is 0 Å². The Kier molecular flexibility index (Phi) is 5.62. The first-order valence-corrected chi connectivity index (χ1v) is 7.75. The van der Waals surface area contributed by atoms with Gasteiger partial charge in [0.05, 0.1) is 7.11 Å². The highest BCUT2D eigenvalue weighted by Gasteiger charge is 2.22. The van der Waals surface area contributed by atoms with Gasteiger partial charge in [-0.3, -0.25) is 4.79 Å². The molecule has 2 rings (SSSR count). The third-order valence-electron chi connectivity index (χ3n) is 4.33. The van der Waals surface area contributed by atoms with Crippen molar-refractivity contribution in [3.05, 3.63) is 23.8 Å². The second-order valence-electron chi connectivity index (χ2n) is 6.02. The standard InChI is InChI=1S/C17H26N2O2/c1-12(14-5-4-8-18-11-14)10-17(20)19-15-6-7-16(21-3)13(2)9-15/h6-7,9,12,14,18H,4-5,8,10-11H2,1-3H3,(H,19,20). The Morgan fingerprint density at radius 3 is 2.95 bits per heavy atom. The van der Waals surface area contributed by atoms with E-state index < -0.39 is 0 Å². The topological polar surface area (TPSA) is 50.4 Å². The number of ether oxygens (including phenoxy) is 1. The molecule has 1 fully saturated rings. The number of carbonyl (C=O) groups excluding carboxylic acids is 1. The van der Waals surface area contributed by atoms with Gasteiger partial charge in [0.2, 0.25) is 5.91 Å². The molecular formula is C17H26N2O2. The van der Waals surface area contributed by atoms with Crippen LogP contribution in [0.1, 0.15) is 31.7 Å². The zero-order valence-corrected chi connectivity index (χ0v) is 13.2. The Labute approximate surface area is 127 Å². The van der Waals surface area contributed by atoms with Crippen molar-refractivity contribution in [2.75, 3.05) is 25.5 Å². The van der Waals surface area contributed by atoms with E-state index in [4.69, 9.17) is 4.74 Å². The van der Waals surface area contributed by atoms with Crippen LogP contribution in [-0.4, -0.2) is 26.1 Å². The van der Waals surface area contributed by atoms with Crippen molar-refractivity contribution in [1.82, 2.24) is 5.32 Å². The van der Waals surface area contributed by atoms with Crippen LogP contribution in [0, 0.1) is 18.8 Å². The van der Waals surface area contributed by atoms with Gasteiger partial charge >= 0.3 is 0 Å². The zero-order valence-electron chi connectivity index (χ0n) is 13.2. The lowest BCUT2D eigenvalue weighted by atomic mass is 9.85. The summed E-state index contributed by atoms with van der Waals surface area (Å²) in [5, 5.41) is 6.40. The van der Waals surface area contributed by atoms with Gasteiger partial charge in [0, 0.05) is 12.1 Å². The van der Waals surface area contributed by atoms with Crippen molar-refractivity contribution in [1.29, 1.82) is 0 Å². The number of hydrogen-bond acceptors (Lipinski definition) is 3. The minimum Gasteiger partial charge on any atom is -0.496 e. The average Bonchev–Trinajstić information content (AvgIpc) is 2.48. The van der Waals surface area contributed by atoms with Crippen molar-refractivity contribution in [3.8, 4) is 5.75 Å². The SMILES string of the molecule is COc1ccc(NC(=O)CC(C)C2CCCNC2)cc1C. The lowest BCUT2D eigenvalue weighted by Crippen LogP contribution is -2.34. The Balaban J connectivity index is 1.87. The highest BCUT2D eigenvalue weighted by Crippen LogP contribution is 2.24. The number of hydrogen-bond donors (Lipinski definition) is 2. The number of benzene rings is 1. The number of piperidine rings is 1. The maximum atomic E-state index is 12.2. The van der Waals surface area contributed by atoms with Gasteiger partial charge in [-0.2, -0.15) is 0 Å². The van der Waals surface area contributed by atoms with E-state index in [1.165, 1.54) is 12.8 Å². The highest BCUT2D eigenvalue weighted by molar-refractivity contribution is 5.91. The third-order valence-corrected chi connectivity index (χ3v) is 4.33. The summed E-state index contributed by atoms with van der Waals surface area (Å²) in [7, 11) is 1.65. The van der Waals surface area contributed by atoms with Gasteiger partial charge < -0.3 is 15.4 Å². The summed E-state index contributed by atoms with van der Waals surface area (Å²) in [5.74, 6) is 1.96. The first kappa shape index (κ1) is 15.8. The van der Waals surface area contributed by atoms with E-state index in [0.29, 0.717) is 18.3 Å². The summed E-state index contributed by atoms with van der Waals surface area (Å²) in [6, 6.07) is 5.72. The molecule has 1 aliphatic heterocycles. The molecule has 0 saturated carbocycles. The number of amides is 1. The van der Waals surface area contributed by atoms with Crippen LogP contribution in [0.2, 0.25) is 0 Å². The smallest absolute Gasteiger partial charge is 0.224 e. The molecule has 0 aromatic heterocycles. The molecule has 1 aromatic rings. The lowest BCUT2D eigenvalue weighted by molar-refractivity contribution is -0.117. The molecule has 1 aromatic carbocycles. The van der Waals surface area contributed by atoms with Crippen molar-refractivity contribution < 1.29 is 9.53 Å². The van der Waals surface area contributed by atoms with Gasteiger partial charge in [0.25, 0.3) is 0 Å². The molecule has 21 heavy (non-hydrogen) atoms. The summed E-state index contributed by atoms with van der Waals surface area (Å²) < 4.78 is 5.23.